The van der Waals surface area contributed by atoms with Crippen LogP contribution in [-0.4, -0.2) is 9.13 Å². The monoisotopic (exact) mass is 726 g/mol. The van der Waals surface area contributed by atoms with E-state index in [1.807, 2.05) is 12.1 Å². The summed E-state index contributed by atoms with van der Waals surface area (Å²) in [5.41, 5.74) is 15.8. The molecule has 3 heteroatoms. The molecular formula is C54H34N2O. The SMILES string of the molecule is c1ccc(-c2ccc3c(c2)c2ccc4c5cc(-c6ccccc6)ccc5n(-c5ccc(-c6cccc7c6oc6ccccc67)cc5)c4c2n3-c2ccccc2)cc1. The fourth-order valence-electron chi connectivity index (χ4n) is 9.10. The summed E-state index contributed by atoms with van der Waals surface area (Å²) in [6.07, 6.45) is 0. The second-order valence-corrected chi connectivity index (χ2v) is 14.9. The van der Waals surface area contributed by atoms with Crippen LogP contribution in [0.3, 0.4) is 0 Å². The molecule has 0 aliphatic carbocycles. The molecule has 0 bridgehead atoms. The van der Waals surface area contributed by atoms with Crippen molar-refractivity contribution in [3.63, 3.8) is 0 Å². The molecule has 0 fully saturated rings. The maximum atomic E-state index is 6.46. The number of hydrogen-bond acceptors (Lipinski definition) is 1. The normalized spacial score (nSPS) is 11.9. The van der Waals surface area contributed by atoms with Gasteiger partial charge in [-0.2, -0.15) is 0 Å². The molecule has 3 aromatic heterocycles. The fourth-order valence-corrected chi connectivity index (χ4v) is 9.10. The Morgan fingerprint density at radius 3 is 1.39 bits per heavy atom. The first kappa shape index (κ1) is 31.7. The predicted molar refractivity (Wildman–Crippen MR) is 239 cm³/mol. The van der Waals surface area contributed by atoms with E-state index < -0.39 is 0 Å². The molecule has 12 rings (SSSR count). The van der Waals surface area contributed by atoms with Crippen LogP contribution in [0.1, 0.15) is 0 Å². The molecule has 0 radical (unpaired) electrons. The van der Waals surface area contributed by atoms with Crippen molar-refractivity contribution in [1.82, 2.24) is 9.13 Å². The van der Waals surface area contributed by atoms with Gasteiger partial charge in [-0.1, -0.05) is 152 Å². The number of aromatic nitrogens is 2. The first-order valence-corrected chi connectivity index (χ1v) is 19.5. The minimum Gasteiger partial charge on any atom is -0.455 e. The maximum Gasteiger partial charge on any atom is 0.143 e. The Kier molecular flexibility index (Phi) is 6.93. The van der Waals surface area contributed by atoms with E-state index in [-0.39, 0.29) is 0 Å². The summed E-state index contributed by atoms with van der Waals surface area (Å²) in [6.45, 7) is 0. The summed E-state index contributed by atoms with van der Waals surface area (Å²) in [5, 5.41) is 7.16. The lowest BCUT2D eigenvalue weighted by atomic mass is 10.0. The average molecular weight is 727 g/mol. The van der Waals surface area contributed by atoms with Crippen LogP contribution in [-0.2, 0) is 0 Å². The highest BCUT2D eigenvalue weighted by Gasteiger charge is 2.22. The molecule has 9 aromatic carbocycles. The standard InChI is InChI=1S/C54H34N2O/c1-4-13-35(14-5-1)38-25-31-49-47(33-38)44-29-30-45-48-34-39(36-15-6-2-7-16-36)26-32-50(48)56(53(45)52(44)55(49)40-17-8-3-9-18-40)41-27-23-37(24-28-41)42-20-12-21-46-43-19-10-11-22-51(43)57-54(42)46/h1-34H. The summed E-state index contributed by atoms with van der Waals surface area (Å²) >= 11 is 0. The van der Waals surface area contributed by atoms with Gasteiger partial charge >= 0.3 is 0 Å². The Labute approximate surface area is 328 Å². The molecule has 0 amide bonds. The van der Waals surface area contributed by atoms with E-state index in [0.717, 1.165) is 44.4 Å². The van der Waals surface area contributed by atoms with Gasteiger partial charge in [-0.05, 0) is 82.4 Å². The topological polar surface area (TPSA) is 23.0 Å². The number of para-hydroxylation sites is 3. The average Bonchev–Trinajstić information content (AvgIpc) is 3.95. The van der Waals surface area contributed by atoms with E-state index in [0.29, 0.717) is 0 Å². The zero-order valence-corrected chi connectivity index (χ0v) is 30.9. The molecule has 0 unspecified atom stereocenters. The van der Waals surface area contributed by atoms with Gasteiger partial charge in [0, 0.05) is 49.3 Å². The number of benzene rings is 9. The van der Waals surface area contributed by atoms with Crippen molar-refractivity contribution in [1.29, 1.82) is 0 Å². The Morgan fingerprint density at radius 1 is 0.298 bits per heavy atom. The minimum absolute atomic E-state index is 0.908. The highest BCUT2D eigenvalue weighted by molar-refractivity contribution is 6.24. The first-order chi connectivity index (χ1) is 28.3. The van der Waals surface area contributed by atoms with Crippen molar-refractivity contribution in [3.05, 3.63) is 206 Å². The predicted octanol–water partition coefficient (Wildman–Crippen LogP) is 14.8. The van der Waals surface area contributed by atoms with Gasteiger partial charge in [0.1, 0.15) is 11.2 Å². The van der Waals surface area contributed by atoms with E-state index in [1.165, 1.54) is 65.9 Å². The van der Waals surface area contributed by atoms with Crippen LogP contribution in [0.25, 0.3) is 110 Å². The van der Waals surface area contributed by atoms with Crippen molar-refractivity contribution in [3.8, 4) is 44.8 Å². The highest BCUT2D eigenvalue weighted by Crippen LogP contribution is 2.44. The van der Waals surface area contributed by atoms with Crippen molar-refractivity contribution in [2.24, 2.45) is 0 Å². The molecule has 0 spiro atoms. The van der Waals surface area contributed by atoms with Gasteiger partial charge in [0.15, 0.2) is 0 Å². The summed E-state index contributed by atoms with van der Waals surface area (Å²) in [7, 11) is 0. The van der Waals surface area contributed by atoms with E-state index >= 15 is 0 Å². The molecule has 0 aliphatic heterocycles. The molecule has 0 N–H and O–H groups in total. The number of nitrogens with zero attached hydrogens (tertiary/aromatic N) is 2. The van der Waals surface area contributed by atoms with Crippen molar-refractivity contribution < 1.29 is 4.42 Å². The van der Waals surface area contributed by atoms with Gasteiger partial charge in [-0.3, -0.25) is 0 Å². The smallest absolute Gasteiger partial charge is 0.143 e. The van der Waals surface area contributed by atoms with E-state index in [1.54, 1.807) is 0 Å². The number of rotatable bonds is 5. The molecule has 57 heavy (non-hydrogen) atoms. The van der Waals surface area contributed by atoms with Crippen molar-refractivity contribution in [2.45, 2.75) is 0 Å². The third-order valence-electron chi connectivity index (χ3n) is 11.7. The van der Waals surface area contributed by atoms with E-state index in [9.17, 15) is 0 Å². The summed E-state index contributed by atoms with van der Waals surface area (Å²) in [5.74, 6) is 0. The fraction of sp³-hybridized carbons (Fsp3) is 0. The van der Waals surface area contributed by atoms with Crippen LogP contribution in [0, 0.1) is 0 Å². The molecule has 0 atom stereocenters. The van der Waals surface area contributed by atoms with Crippen LogP contribution in [0.2, 0.25) is 0 Å². The van der Waals surface area contributed by atoms with Crippen LogP contribution in [0.5, 0.6) is 0 Å². The quantitative estimate of drug-likeness (QED) is 0.173. The molecular weight excluding hydrogens is 693 g/mol. The number of fused-ring (bicyclic) bond motifs is 10. The zero-order valence-electron chi connectivity index (χ0n) is 30.9. The molecule has 266 valence electrons. The van der Waals surface area contributed by atoms with Gasteiger partial charge in [-0.25, -0.2) is 0 Å². The lowest BCUT2D eigenvalue weighted by Gasteiger charge is -2.13. The molecule has 0 aliphatic rings. The summed E-state index contributed by atoms with van der Waals surface area (Å²) < 4.78 is 11.4. The number of hydrogen-bond donors (Lipinski definition) is 0. The second kappa shape index (κ2) is 12.5. The lowest BCUT2D eigenvalue weighted by molar-refractivity contribution is 0.670. The van der Waals surface area contributed by atoms with Crippen molar-refractivity contribution >= 4 is 65.6 Å². The number of furan rings is 1. The first-order valence-electron chi connectivity index (χ1n) is 19.5. The Morgan fingerprint density at radius 2 is 0.789 bits per heavy atom. The molecule has 3 heterocycles. The molecule has 3 nitrogen and oxygen atoms in total. The largest absolute Gasteiger partial charge is 0.455 e. The Hall–Kier alpha value is -7.62. The van der Waals surface area contributed by atoms with Crippen LogP contribution in [0.15, 0.2) is 211 Å². The molecule has 0 saturated heterocycles. The highest BCUT2D eigenvalue weighted by atomic mass is 16.3. The summed E-state index contributed by atoms with van der Waals surface area (Å²) in [6, 6.07) is 74.5. The zero-order chi connectivity index (χ0) is 37.5. The molecule has 12 aromatic rings. The van der Waals surface area contributed by atoms with E-state index in [4.69, 9.17) is 4.42 Å². The minimum atomic E-state index is 0.908. The Balaban J connectivity index is 1.16. The van der Waals surface area contributed by atoms with Gasteiger partial charge in [0.25, 0.3) is 0 Å². The second-order valence-electron chi connectivity index (χ2n) is 14.9. The van der Waals surface area contributed by atoms with Gasteiger partial charge < -0.3 is 13.6 Å². The maximum absolute atomic E-state index is 6.46. The van der Waals surface area contributed by atoms with Crippen LogP contribution in [0.4, 0.5) is 0 Å². The van der Waals surface area contributed by atoms with Crippen LogP contribution >= 0.6 is 0 Å². The molecule has 0 saturated carbocycles. The summed E-state index contributed by atoms with van der Waals surface area (Å²) in [4.78, 5) is 0. The van der Waals surface area contributed by atoms with Crippen molar-refractivity contribution in [2.75, 3.05) is 0 Å². The van der Waals surface area contributed by atoms with Gasteiger partial charge in [0.2, 0.25) is 0 Å². The van der Waals surface area contributed by atoms with Gasteiger partial charge in [-0.15, -0.1) is 0 Å². The van der Waals surface area contributed by atoms with E-state index in [2.05, 4.69) is 203 Å². The third-order valence-corrected chi connectivity index (χ3v) is 11.7. The van der Waals surface area contributed by atoms with Gasteiger partial charge in [0.05, 0.1) is 22.1 Å². The Bertz CT molecular complexity index is 3480. The van der Waals surface area contributed by atoms with Crippen LogP contribution < -0.4 is 0 Å². The lowest BCUT2D eigenvalue weighted by Crippen LogP contribution is -1.98. The third kappa shape index (κ3) is 4.86.